The number of halogens is 1. The molecule has 0 saturated carbocycles. The van der Waals surface area contributed by atoms with Gasteiger partial charge in [-0.3, -0.25) is 0 Å². The molecule has 0 saturated heterocycles. The van der Waals surface area contributed by atoms with Crippen molar-refractivity contribution in [3.63, 3.8) is 0 Å². The van der Waals surface area contributed by atoms with Crippen LogP contribution in [0.1, 0.15) is 11.1 Å². The number of thiocarbonyl (C=S) groups is 1. The van der Waals surface area contributed by atoms with E-state index in [4.69, 9.17) is 33.3 Å². The van der Waals surface area contributed by atoms with E-state index in [9.17, 15) is 0 Å². The lowest BCUT2D eigenvalue weighted by Gasteiger charge is -2.16. The van der Waals surface area contributed by atoms with Crippen molar-refractivity contribution >= 4 is 40.3 Å². The minimum Gasteiger partial charge on any atom is -0.497 e. The Morgan fingerprint density at radius 3 is 2.39 bits per heavy atom. The van der Waals surface area contributed by atoms with Crippen molar-refractivity contribution in [1.82, 2.24) is 0 Å². The van der Waals surface area contributed by atoms with Gasteiger partial charge in [0.25, 0.3) is 0 Å². The van der Waals surface area contributed by atoms with Gasteiger partial charge in [-0.05, 0) is 55.4 Å². The highest BCUT2D eigenvalue weighted by Crippen LogP contribution is 2.30. The van der Waals surface area contributed by atoms with Crippen LogP contribution in [0, 0.1) is 13.8 Å². The van der Waals surface area contributed by atoms with Crippen molar-refractivity contribution in [2.75, 3.05) is 24.9 Å². The second-order valence-corrected chi connectivity index (χ2v) is 5.90. The standard InChI is InChI=1S/C17H19ClN2O2S/c1-10-7-11(2)16(13(18)8-10)20-17(23)19-14-9-12(21-3)5-6-15(14)22-4/h5-9H,1-4H3,(H2,19,20,23). The zero-order valence-electron chi connectivity index (χ0n) is 13.5. The molecule has 0 heterocycles. The third kappa shape index (κ3) is 4.27. The Hall–Kier alpha value is -1.98. The van der Waals surface area contributed by atoms with E-state index in [1.165, 1.54) is 0 Å². The van der Waals surface area contributed by atoms with Crippen molar-refractivity contribution in [1.29, 1.82) is 0 Å². The smallest absolute Gasteiger partial charge is 0.175 e. The maximum absolute atomic E-state index is 6.29. The van der Waals surface area contributed by atoms with Gasteiger partial charge >= 0.3 is 0 Å². The highest BCUT2D eigenvalue weighted by Gasteiger charge is 2.10. The number of ether oxygens (including phenoxy) is 2. The molecule has 0 aliphatic rings. The predicted molar refractivity (Wildman–Crippen MR) is 100 cm³/mol. The summed E-state index contributed by atoms with van der Waals surface area (Å²) in [6, 6.07) is 9.39. The van der Waals surface area contributed by atoms with Crippen LogP contribution in [0.25, 0.3) is 0 Å². The van der Waals surface area contributed by atoms with Crippen molar-refractivity contribution in [2.24, 2.45) is 0 Å². The zero-order valence-corrected chi connectivity index (χ0v) is 15.1. The first-order valence-electron chi connectivity index (χ1n) is 7.01. The van der Waals surface area contributed by atoms with Gasteiger partial charge in [0.05, 0.1) is 30.6 Å². The van der Waals surface area contributed by atoms with Gasteiger partial charge in [-0.2, -0.15) is 0 Å². The van der Waals surface area contributed by atoms with Crippen LogP contribution in [0.15, 0.2) is 30.3 Å². The Morgan fingerprint density at radius 1 is 1.04 bits per heavy atom. The number of benzene rings is 2. The summed E-state index contributed by atoms with van der Waals surface area (Å²) in [4.78, 5) is 0. The lowest BCUT2D eigenvalue weighted by molar-refractivity contribution is 0.405. The first-order valence-corrected chi connectivity index (χ1v) is 7.80. The minimum atomic E-state index is 0.422. The molecule has 0 bridgehead atoms. The normalized spacial score (nSPS) is 10.1. The molecule has 2 aromatic rings. The van der Waals surface area contributed by atoms with Crippen molar-refractivity contribution < 1.29 is 9.47 Å². The number of hydrogen-bond acceptors (Lipinski definition) is 3. The van der Waals surface area contributed by atoms with Crippen LogP contribution in [0.5, 0.6) is 11.5 Å². The molecule has 4 nitrogen and oxygen atoms in total. The van der Waals surface area contributed by atoms with E-state index in [1.54, 1.807) is 14.2 Å². The summed E-state index contributed by atoms with van der Waals surface area (Å²) in [5, 5.41) is 7.30. The first kappa shape index (κ1) is 17.4. The molecule has 0 fully saturated rings. The Bertz CT molecular complexity index is 712. The van der Waals surface area contributed by atoms with Crippen LogP contribution in [0.3, 0.4) is 0 Å². The van der Waals surface area contributed by atoms with Crippen LogP contribution >= 0.6 is 23.8 Å². The zero-order chi connectivity index (χ0) is 17.0. The highest BCUT2D eigenvalue weighted by atomic mass is 35.5. The molecule has 0 aliphatic heterocycles. The van der Waals surface area contributed by atoms with Crippen LogP contribution in [0.4, 0.5) is 11.4 Å². The number of hydrogen-bond donors (Lipinski definition) is 2. The van der Waals surface area contributed by atoms with Gasteiger partial charge in [-0.25, -0.2) is 0 Å². The first-order chi connectivity index (χ1) is 10.9. The van der Waals surface area contributed by atoms with Gasteiger partial charge in [-0.1, -0.05) is 17.7 Å². The van der Waals surface area contributed by atoms with Gasteiger partial charge in [0.1, 0.15) is 11.5 Å². The number of methoxy groups -OCH3 is 2. The molecule has 122 valence electrons. The summed E-state index contributed by atoms with van der Waals surface area (Å²) in [5.41, 5.74) is 3.63. The van der Waals surface area contributed by atoms with E-state index in [2.05, 4.69) is 10.6 Å². The molecule has 23 heavy (non-hydrogen) atoms. The van der Waals surface area contributed by atoms with Gasteiger partial charge in [-0.15, -0.1) is 0 Å². The van der Waals surface area contributed by atoms with E-state index in [-0.39, 0.29) is 0 Å². The molecule has 6 heteroatoms. The minimum absolute atomic E-state index is 0.422. The van der Waals surface area contributed by atoms with E-state index >= 15 is 0 Å². The Balaban J connectivity index is 2.20. The summed E-state index contributed by atoms with van der Waals surface area (Å²) < 4.78 is 10.6. The average molecular weight is 351 g/mol. The molecular weight excluding hydrogens is 332 g/mol. The maximum Gasteiger partial charge on any atom is 0.175 e. The van der Waals surface area contributed by atoms with Crippen molar-refractivity contribution in [2.45, 2.75) is 13.8 Å². The molecule has 0 unspecified atom stereocenters. The Labute approximate surface area is 146 Å². The summed E-state index contributed by atoms with van der Waals surface area (Å²) in [6.45, 7) is 3.98. The second kappa shape index (κ2) is 7.53. The fourth-order valence-corrected chi connectivity index (χ4v) is 2.83. The molecule has 2 N–H and O–H groups in total. The quantitative estimate of drug-likeness (QED) is 0.776. The summed E-state index contributed by atoms with van der Waals surface area (Å²) >= 11 is 11.7. The molecular formula is C17H19ClN2O2S. The summed E-state index contributed by atoms with van der Waals surface area (Å²) in [5.74, 6) is 1.38. The van der Waals surface area contributed by atoms with E-state index in [0.717, 1.165) is 16.8 Å². The fraction of sp³-hybridized carbons (Fsp3) is 0.235. The third-order valence-electron chi connectivity index (χ3n) is 3.33. The van der Waals surface area contributed by atoms with Crippen molar-refractivity contribution in [3.05, 3.63) is 46.5 Å². The van der Waals surface area contributed by atoms with Gasteiger partial charge in [0, 0.05) is 6.07 Å². The molecule has 0 spiro atoms. The van der Waals surface area contributed by atoms with Gasteiger partial charge in [0.15, 0.2) is 5.11 Å². The largest absolute Gasteiger partial charge is 0.497 e. The molecule has 0 radical (unpaired) electrons. The average Bonchev–Trinajstić information content (AvgIpc) is 2.50. The fourth-order valence-electron chi connectivity index (χ4n) is 2.25. The second-order valence-electron chi connectivity index (χ2n) is 5.08. The maximum atomic E-state index is 6.29. The molecule has 2 rings (SSSR count). The lowest BCUT2D eigenvalue weighted by atomic mass is 10.1. The van der Waals surface area contributed by atoms with Gasteiger partial charge in [0.2, 0.25) is 0 Å². The Kier molecular flexibility index (Phi) is 5.69. The van der Waals surface area contributed by atoms with Crippen molar-refractivity contribution in [3.8, 4) is 11.5 Å². The molecule has 0 aliphatic carbocycles. The Morgan fingerprint density at radius 2 is 1.78 bits per heavy atom. The van der Waals surface area contributed by atoms with Crippen LogP contribution in [0.2, 0.25) is 5.02 Å². The van der Waals surface area contributed by atoms with Crippen LogP contribution in [-0.4, -0.2) is 19.3 Å². The van der Waals surface area contributed by atoms with Crippen LogP contribution < -0.4 is 20.1 Å². The lowest BCUT2D eigenvalue weighted by Crippen LogP contribution is -2.20. The molecule has 2 aromatic carbocycles. The summed E-state index contributed by atoms with van der Waals surface area (Å²) in [6.07, 6.45) is 0. The predicted octanol–water partition coefficient (Wildman–Crippen LogP) is 4.78. The monoisotopic (exact) mass is 350 g/mol. The molecule has 0 amide bonds. The highest BCUT2D eigenvalue weighted by molar-refractivity contribution is 7.80. The van der Waals surface area contributed by atoms with E-state index < -0.39 is 0 Å². The van der Waals surface area contributed by atoms with E-state index in [1.807, 2.05) is 44.2 Å². The van der Waals surface area contributed by atoms with Crippen LogP contribution in [-0.2, 0) is 0 Å². The topological polar surface area (TPSA) is 42.5 Å². The number of nitrogens with one attached hydrogen (secondary N) is 2. The number of anilines is 2. The molecule has 0 aromatic heterocycles. The van der Waals surface area contributed by atoms with Gasteiger partial charge < -0.3 is 20.1 Å². The number of rotatable bonds is 4. The number of aryl methyl sites for hydroxylation is 2. The molecule has 0 atom stereocenters. The SMILES string of the molecule is COc1ccc(OC)c(NC(=S)Nc2c(C)cc(C)cc2Cl)c1. The third-order valence-corrected chi connectivity index (χ3v) is 3.83. The van der Waals surface area contributed by atoms with E-state index in [0.29, 0.717) is 27.3 Å². The summed E-state index contributed by atoms with van der Waals surface area (Å²) in [7, 11) is 3.21.